The van der Waals surface area contributed by atoms with Crippen LogP contribution >= 0.6 is 0 Å². The number of carbonyl (C=O) groups is 1. The molecule has 3 aromatic rings. The molecule has 0 aliphatic carbocycles. The molecule has 7 nitrogen and oxygen atoms in total. The fourth-order valence-corrected chi connectivity index (χ4v) is 5.34. The van der Waals surface area contributed by atoms with Crippen molar-refractivity contribution < 1.29 is 9.53 Å². The molecule has 1 aromatic carbocycles. The average molecular weight is 518 g/mol. The van der Waals surface area contributed by atoms with Gasteiger partial charge in [-0.2, -0.15) is 0 Å². The zero-order chi connectivity index (χ0) is 27.1. The maximum absolute atomic E-state index is 13.1. The van der Waals surface area contributed by atoms with Crippen molar-refractivity contribution in [3.05, 3.63) is 65.0 Å². The topological polar surface area (TPSA) is 83.1 Å². The normalized spacial score (nSPS) is 14.6. The summed E-state index contributed by atoms with van der Waals surface area (Å²) in [6.45, 7) is 14.1. The number of pyridine rings is 1. The number of benzene rings is 1. The lowest BCUT2D eigenvalue weighted by molar-refractivity contribution is -0.140. The smallest absolute Gasteiger partial charge is 0.236 e. The Labute approximate surface area is 227 Å². The number of aryl methyl sites for hydroxylation is 2. The number of ether oxygens (including phenoxy) is 1. The number of amides is 1. The van der Waals surface area contributed by atoms with Gasteiger partial charge in [-0.05, 0) is 95.7 Å². The van der Waals surface area contributed by atoms with Crippen LogP contribution in [0.25, 0.3) is 11.3 Å². The van der Waals surface area contributed by atoms with E-state index in [-0.39, 0.29) is 5.91 Å². The molecule has 1 saturated heterocycles. The van der Waals surface area contributed by atoms with Crippen molar-refractivity contribution in [1.29, 1.82) is 0 Å². The molecule has 3 heterocycles. The van der Waals surface area contributed by atoms with E-state index >= 15 is 0 Å². The summed E-state index contributed by atoms with van der Waals surface area (Å²) in [6, 6.07) is 10.7. The van der Waals surface area contributed by atoms with Crippen LogP contribution in [-0.4, -0.2) is 58.8 Å². The molecule has 204 valence electrons. The van der Waals surface area contributed by atoms with E-state index in [0.29, 0.717) is 18.4 Å². The van der Waals surface area contributed by atoms with Gasteiger partial charge in [0.2, 0.25) is 11.8 Å². The quantitative estimate of drug-likeness (QED) is 0.313. The number of H-pyrrole nitrogens is 1. The highest BCUT2D eigenvalue weighted by Gasteiger charge is 2.34. The third kappa shape index (κ3) is 6.81. The Morgan fingerprint density at radius 1 is 1.13 bits per heavy atom. The van der Waals surface area contributed by atoms with E-state index in [1.807, 2.05) is 31.1 Å². The maximum Gasteiger partial charge on any atom is 0.236 e. The van der Waals surface area contributed by atoms with Gasteiger partial charge in [0.15, 0.2) is 0 Å². The van der Waals surface area contributed by atoms with Crippen LogP contribution in [0.4, 0.5) is 0 Å². The van der Waals surface area contributed by atoms with Crippen molar-refractivity contribution in [2.75, 3.05) is 32.8 Å². The standard InChI is InChI=1S/C31H43N5O2/c1-6-24(25-9-12-32-13-10-25)20-33-14-11-27-28(26-18-22(2)17-23(3)19-26)34-35-29(27)38-21-31(4,5)30(37)36-15-7-8-16-36/h9-10,12-13,17-19,24,33H,6-8,11,14-16,20-21H2,1-5H3,(H,34,35). The van der Waals surface area contributed by atoms with E-state index in [1.165, 1.54) is 16.7 Å². The summed E-state index contributed by atoms with van der Waals surface area (Å²) >= 11 is 0. The Balaban J connectivity index is 1.48. The summed E-state index contributed by atoms with van der Waals surface area (Å²) in [4.78, 5) is 19.2. The minimum Gasteiger partial charge on any atom is -0.475 e. The van der Waals surface area contributed by atoms with E-state index in [4.69, 9.17) is 4.74 Å². The molecule has 1 aliphatic heterocycles. The Morgan fingerprint density at radius 3 is 2.47 bits per heavy atom. The molecule has 2 aromatic heterocycles. The van der Waals surface area contributed by atoms with Crippen LogP contribution < -0.4 is 10.1 Å². The average Bonchev–Trinajstić information content (AvgIpc) is 3.57. The van der Waals surface area contributed by atoms with Gasteiger partial charge in [0.05, 0.1) is 11.1 Å². The van der Waals surface area contributed by atoms with Crippen LogP contribution in [0.5, 0.6) is 5.88 Å². The molecule has 7 heteroatoms. The molecule has 0 spiro atoms. The highest BCUT2D eigenvalue weighted by atomic mass is 16.5. The van der Waals surface area contributed by atoms with Gasteiger partial charge in [-0.3, -0.25) is 14.9 Å². The van der Waals surface area contributed by atoms with Crippen molar-refractivity contribution in [3.8, 4) is 17.1 Å². The monoisotopic (exact) mass is 517 g/mol. The SMILES string of the molecule is CCC(CNCCc1c(OCC(C)(C)C(=O)N2CCCC2)n[nH]c1-c1cc(C)cc(C)c1)c1ccncc1. The minimum absolute atomic E-state index is 0.157. The number of hydrogen-bond acceptors (Lipinski definition) is 5. The van der Waals surface area contributed by atoms with Crippen LogP contribution in [0.2, 0.25) is 0 Å². The van der Waals surface area contributed by atoms with Crippen LogP contribution in [0.3, 0.4) is 0 Å². The summed E-state index contributed by atoms with van der Waals surface area (Å²) in [5.41, 5.74) is 6.25. The van der Waals surface area contributed by atoms with Gasteiger partial charge in [0.1, 0.15) is 6.61 Å². The summed E-state index contributed by atoms with van der Waals surface area (Å²) in [5.74, 6) is 1.18. The Bertz CT molecular complexity index is 1180. The molecule has 0 radical (unpaired) electrons. The molecule has 1 unspecified atom stereocenters. The first-order valence-electron chi connectivity index (χ1n) is 14.0. The van der Waals surface area contributed by atoms with Gasteiger partial charge in [-0.1, -0.05) is 24.1 Å². The van der Waals surface area contributed by atoms with Crippen LogP contribution in [0.15, 0.2) is 42.7 Å². The zero-order valence-corrected chi connectivity index (χ0v) is 23.6. The fourth-order valence-electron chi connectivity index (χ4n) is 5.34. The van der Waals surface area contributed by atoms with E-state index < -0.39 is 5.41 Å². The second-order valence-corrected chi connectivity index (χ2v) is 11.3. The number of carbonyl (C=O) groups excluding carboxylic acids is 1. The van der Waals surface area contributed by atoms with Crippen LogP contribution in [0.1, 0.15) is 68.2 Å². The highest BCUT2D eigenvalue weighted by Crippen LogP contribution is 2.32. The molecule has 1 aliphatic rings. The molecule has 4 rings (SSSR count). The molecule has 1 amide bonds. The summed E-state index contributed by atoms with van der Waals surface area (Å²) in [5, 5.41) is 11.5. The first-order valence-corrected chi connectivity index (χ1v) is 14.0. The number of aromatic nitrogens is 3. The second-order valence-electron chi connectivity index (χ2n) is 11.3. The molecule has 38 heavy (non-hydrogen) atoms. The lowest BCUT2D eigenvalue weighted by Crippen LogP contribution is -2.42. The molecule has 1 atom stereocenters. The molecular formula is C31H43N5O2. The van der Waals surface area contributed by atoms with Gasteiger partial charge < -0.3 is 15.0 Å². The number of rotatable bonds is 12. The maximum atomic E-state index is 13.1. The largest absolute Gasteiger partial charge is 0.475 e. The van der Waals surface area contributed by atoms with Gasteiger partial charge in [0.25, 0.3) is 0 Å². The Kier molecular flexibility index (Phi) is 9.21. The highest BCUT2D eigenvalue weighted by molar-refractivity contribution is 5.82. The molecular weight excluding hydrogens is 474 g/mol. The Hall–Kier alpha value is -3.19. The third-order valence-corrected chi connectivity index (χ3v) is 7.49. The first-order chi connectivity index (χ1) is 18.3. The molecule has 1 fully saturated rings. The second kappa shape index (κ2) is 12.6. The molecule has 0 saturated carbocycles. The van der Waals surface area contributed by atoms with Crippen LogP contribution in [-0.2, 0) is 11.2 Å². The summed E-state index contributed by atoms with van der Waals surface area (Å²) < 4.78 is 6.29. The number of hydrogen-bond donors (Lipinski definition) is 2. The van der Waals surface area contributed by atoms with Gasteiger partial charge in [-0.15, -0.1) is 5.10 Å². The molecule has 2 N–H and O–H groups in total. The fraction of sp³-hybridized carbons (Fsp3) is 0.516. The number of nitrogens with zero attached hydrogens (tertiary/aromatic N) is 3. The third-order valence-electron chi connectivity index (χ3n) is 7.49. The number of nitrogens with one attached hydrogen (secondary N) is 2. The molecule has 0 bridgehead atoms. The predicted molar refractivity (Wildman–Crippen MR) is 152 cm³/mol. The van der Waals surface area contributed by atoms with E-state index in [2.05, 4.69) is 71.6 Å². The van der Waals surface area contributed by atoms with E-state index in [1.54, 1.807) is 0 Å². The summed E-state index contributed by atoms with van der Waals surface area (Å²) in [6.07, 6.45) is 7.71. The Morgan fingerprint density at radius 2 is 1.82 bits per heavy atom. The lowest BCUT2D eigenvalue weighted by atomic mass is 9.93. The zero-order valence-electron chi connectivity index (χ0n) is 23.6. The number of likely N-dealkylation sites (tertiary alicyclic amines) is 1. The summed E-state index contributed by atoms with van der Waals surface area (Å²) in [7, 11) is 0. The lowest BCUT2D eigenvalue weighted by Gasteiger charge is -2.28. The van der Waals surface area contributed by atoms with Crippen molar-refractivity contribution >= 4 is 5.91 Å². The minimum atomic E-state index is -0.613. The first kappa shape index (κ1) is 27.8. The van der Waals surface area contributed by atoms with Gasteiger partial charge in [0, 0.05) is 43.2 Å². The van der Waals surface area contributed by atoms with Crippen LogP contribution in [0, 0.1) is 19.3 Å². The predicted octanol–water partition coefficient (Wildman–Crippen LogP) is 5.44. The van der Waals surface area contributed by atoms with Gasteiger partial charge >= 0.3 is 0 Å². The van der Waals surface area contributed by atoms with E-state index in [0.717, 1.165) is 68.7 Å². The van der Waals surface area contributed by atoms with E-state index in [9.17, 15) is 4.79 Å². The number of aromatic amines is 1. The van der Waals surface area contributed by atoms with Crippen molar-refractivity contribution in [3.63, 3.8) is 0 Å². The van der Waals surface area contributed by atoms with Gasteiger partial charge in [-0.25, -0.2) is 0 Å². The van der Waals surface area contributed by atoms with Crippen molar-refractivity contribution in [2.24, 2.45) is 5.41 Å². The van der Waals surface area contributed by atoms with Crippen molar-refractivity contribution in [2.45, 2.75) is 66.2 Å². The van der Waals surface area contributed by atoms with Crippen molar-refractivity contribution in [1.82, 2.24) is 25.4 Å².